The van der Waals surface area contributed by atoms with Gasteiger partial charge in [-0.3, -0.25) is 14.9 Å². The molecule has 0 radical (unpaired) electrons. The molecule has 7 heteroatoms. The van der Waals surface area contributed by atoms with Gasteiger partial charge in [-0.2, -0.15) is 0 Å². The molecule has 0 spiro atoms. The lowest BCUT2D eigenvalue weighted by atomic mass is 10.3. The van der Waals surface area contributed by atoms with Crippen molar-refractivity contribution >= 4 is 27.5 Å². The van der Waals surface area contributed by atoms with Gasteiger partial charge in [0.25, 0.3) is 11.6 Å². The number of amides is 1. The summed E-state index contributed by atoms with van der Waals surface area (Å²) in [5, 5.41) is 12.9. The maximum atomic E-state index is 10.9. The maximum Gasteiger partial charge on any atom is 0.270 e. The third-order valence-electron chi connectivity index (χ3n) is 1.76. The zero-order chi connectivity index (χ0) is 12.1. The van der Waals surface area contributed by atoms with Crippen molar-refractivity contribution in [2.75, 3.05) is 13.7 Å². The first-order valence-corrected chi connectivity index (χ1v) is 5.11. The molecule has 0 aliphatic carbocycles. The highest BCUT2D eigenvalue weighted by molar-refractivity contribution is 9.10. The largest absolute Gasteiger partial charge is 0.483 e. The fourth-order valence-corrected chi connectivity index (χ4v) is 1.42. The van der Waals surface area contributed by atoms with Gasteiger partial charge in [-0.25, -0.2) is 0 Å². The molecule has 0 bridgehead atoms. The lowest BCUT2D eigenvalue weighted by Crippen LogP contribution is -2.24. The minimum atomic E-state index is -0.507. The zero-order valence-electron chi connectivity index (χ0n) is 8.40. The summed E-state index contributed by atoms with van der Waals surface area (Å²) in [6, 6.07) is 4.06. The number of nitro benzene ring substituents is 1. The monoisotopic (exact) mass is 288 g/mol. The number of carbonyl (C=O) groups is 1. The van der Waals surface area contributed by atoms with E-state index in [-0.39, 0.29) is 18.2 Å². The van der Waals surface area contributed by atoms with Gasteiger partial charge < -0.3 is 10.1 Å². The van der Waals surface area contributed by atoms with Crippen LogP contribution >= 0.6 is 15.9 Å². The minimum absolute atomic E-state index is 0.0424. The van der Waals surface area contributed by atoms with Gasteiger partial charge in [0, 0.05) is 19.2 Å². The maximum absolute atomic E-state index is 10.9. The van der Waals surface area contributed by atoms with E-state index in [1.807, 2.05) is 0 Å². The van der Waals surface area contributed by atoms with Crippen LogP contribution in [0.5, 0.6) is 5.75 Å². The number of nitro groups is 1. The third kappa shape index (κ3) is 3.20. The average Bonchev–Trinajstić information content (AvgIpc) is 2.26. The van der Waals surface area contributed by atoms with Crippen LogP contribution in [0, 0.1) is 10.1 Å². The van der Waals surface area contributed by atoms with Gasteiger partial charge in [0.1, 0.15) is 5.75 Å². The molecule has 0 atom stereocenters. The Kier molecular flexibility index (Phi) is 4.24. The first-order chi connectivity index (χ1) is 7.54. The number of ether oxygens (including phenoxy) is 1. The molecule has 1 rings (SSSR count). The van der Waals surface area contributed by atoms with Crippen molar-refractivity contribution in [3.63, 3.8) is 0 Å². The Balaban J connectivity index is 2.75. The summed E-state index contributed by atoms with van der Waals surface area (Å²) in [7, 11) is 1.50. The topological polar surface area (TPSA) is 81.5 Å². The molecule has 1 aromatic rings. The molecule has 0 heterocycles. The third-order valence-corrected chi connectivity index (χ3v) is 2.38. The second kappa shape index (κ2) is 5.45. The summed E-state index contributed by atoms with van der Waals surface area (Å²) in [5.41, 5.74) is -0.0424. The molecule has 0 saturated heterocycles. The van der Waals surface area contributed by atoms with Crippen molar-refractivity contribution < 1.29 is 14.5 Å². The second-order valence-corrected chi connectivity index (χ2v) is 3.69. The highest BCUT2D eigenvalue weighted by Crippen LogP contribution is 2.28. The molecule has 0 aromatic heterocycles. The summed E-state index contributed by atoms with van der Waals surface area (Å²) in [6.45, 7) is -0.132. The van der Waals surface area contributed by atoms with Crippen molar-refractivity contribution in [3.8, 4) is 5.75 Å². The molecule has 1 amide bonds. The van der Waals surface area contributed by atoms with Crippen LogP contribution in [0.4, 0.5) is 5.69 Å². The molecule has 1 N–H and O–H groups in total. The Morgan fingerprint density at radius 1 is 1.62 bits per heavy atom. The zero-order valence-corrected chi connectivity index (χ0v) is 9.98. The van der Waals surface area contributed by atoms with Crippen LogP contribution in [0.25, 0.3) is 0 Å². The van der Waals surface area contributed by atoms with E-state index in [0.29, 0.717) is 10.2 Å². The predicted molar refractivity (Wildman–Crippen MR) is 60.4 cm³/mol. The highest BCUT2D eigenvalue weighted by atomic mass is 79.9. The van der Waals surface area contributed by atoms with E-state index in [4.69, 9.17) is 4.74 Å². The Morgan fingerprint density at radius 2 is 2.31 bits per heavy atom. The molecule has 0 unspecified atom stereocenters. The Labute approximate surface area is 99.9 Å². The van der Waals surface area contributed by atoms with E-state index >= 15 is 0 Å². The van der Waals surface area contributed by atoms with Gasteiger partial charge in [-0.15, -0.1) is 0 Å². The van der Waals surface area contributed by atoms with Crippen LogP contribution in [0.15, 0.2) is 22.7 Å². The molecule has 6 nitrogen and oxygen atoms in total. The van der Waals surface area contributed by atoms with E-state index in [1.54, 1.807) is 0 Å². The fraction of sp³-hybridized carbons (Fsp3) is 0.222. The normalized spacial score (nSPS) is 9.62. The smallest absolute Gasteiger partial charge is 0.270 e. The highest BCUT2D eigenvalue weighted by Gasteiger charge is 2.10. The summed E-state index contributed by atoms with van der Waals surface area (Å²) >= 11 is 3.13. The number of nitrogens with one attached hydrogen (secondary N) is 1. The van der Waals surface area contributed by atoms with Gasteiger partial charge in [0.15, 0.2) is 6.61 Å². The number of benzene rings is 1. The van der Waals surface area contributed by atoms with Crippen LogP contribution in [-0.4, -0.2) is 24.5 Å². The van der Waals surface area contributed by atoms with Crippen molar-refractivity contribution in [1.29, 1.82) is 0 Å². The number of halogens is 1. The molecular weight excluding hydrogens is 280 g/mol. The van der Waals surface area contributed by atoms with Crippen LogP contribution in [0.1, 0.15) is 0 Å². The van der Waals surface area contributed by atoms with E-state index in [0.717, 1.165) is 0 Å². The van der Waals surface area contributed by atoms with E-state index < -0.39 is 4.92 Å². The van der Waals surface area contributed by atoms with Gasteiger partial charge in [0.05, 0.1) is 9.40 Å². The van der Waals surface area contributed by atoms with E-state index in [1.165, 1.54) is 25.2 Å². The number of likely N-dealkylation sites (N-methyl/N-ethyl adjacent to an activating group) is 1. The first kappa shape index (κ1) is 12.4. The summed E-state index contributed by atoms with van der Waals surface area (Å²) in [6.07, 6.45) is 0. The van der Waals surface area contributed by atoms with Crippen LogP contribution in [0.3, 0.4) is 0 Å². The fourth-order valence-electron chi connectivity index (χ4n) is 0.936. The summed E-state index contributed by atoms with van der Waals surface area (Å²) in [5.74, 6) is 0.111. The molecule has 86 valence electrons. The Morgan fingerprint density at radius 3 is 2.81 bits per heavy atom. The molecule has 1 aromatic carbocycles. The number of rotatable bonds is 4. The molecule has 0 saturated carbocycles. The molecule has 0 aliphatic rings. The van der Waals surface area contributed by atoms with Gasteiger partial charge in [0.2, 0.25) is 0 Å². The van der Waals surface area contributed by atoms with E-state index in [2.05, 4.69) is 21.2 Å². The van der Waals surface area contributed by atoms with E-state index in [9.17, 15) is 14.9 Å². The second-order valence-electron chi connectivity index (χ2n) is 2.83. The Hall–Kier alpha value is -1.63. The molecule has 16 heavy (non-hydrogen) atoms. The number of carbonyl (C=O) groups excluding carboxylic acids is 1. The van der Waals surface area contributed by atoms with Gasteiger partial charge in [-0.1, -0.05) is 0 Å². The molecule has 0 aliphatic heterocycles. The van der Waals surface area contributed by atoms with Gasteiger partial charge >= 0.3 is 0 Å². The van der Waals surface area contributed by atoms with Crippen molar-refractivity contribution in [2.24, 2.45) is 0 Å². The van der Waals surface area contributed by atoms with Crippen molar-refractivity contribution in [2.45, 2.75) is 0 Å². The number of hydrogen-bond donors (Lipinski definition) is 1. The molecule has 0 fully saturated rings. The van der Waals surface area contributed by atoms with Crippen LogP contribution in [-0.2, 0) is 4.79 Å². The predicted octanol–water partition coefficient (Wildman–Crippen LogP) is 1.48. The van der Waals surface area contributed by atoms with Gasteiger partial charge in [-0.05, 0) is 22.0 Å². The van der Waals surface area contributed by atoms with Crippen molar-refractivity contribution in [1.82, 2.24) is 5.32 Å². The minimum Gasteiger partial charge on any atom is -0.483 e. The van der Waals surface area contributed by atoms with Crippen molar-refractivity contribution in [3.05, 3.63) is 32.8 Å². The first-order valence-electron chi connectivity index (χ1n) is 4.32. The van der Waals surface area contributed by atoms with Crippen LogP contribution < -0.4 is 10.1 Å². The van der Waals surface area contributed by atoms with Crippen LogP contribution in [0.2, 0.25) is 0 Å². The number of hydrogen-bond acceptors (Lipinski definition) is 4. The average molecular weight is 289 g/mol. The lowest BCUT2D eigenvalue weighted by Gasteiger charge is -2.06. The Bertz CT molecular complexity index is 422. The number of non-ortho nitro benzene ring substituents is 1. The SMILES string of the molecule is CNC(=O)COc1ccc([N+](=O)[O-])cc1Br. The summed E-state index contributed by atoms with van der Waals surface area (Å²) < 4.78 is 5.58. The molecular formula is C9H9BrN2O4. The quantitative estimate of drug-likeness (QED) is 0.672. The lowest BCUT2D eigenvalue weighted by molar-refractivity contribution is -0.384. The summed E-state index contributed by atoms with van der Waals surface area (Å²) in [4.78, 5) is 20.9. The number of nitrogens with zero attached hydrogens (tertiary/aromatic N) is 1. The standard InChI is InChI=1S/C9H9BrN2O4/c1-11-9(13)5-16-8-3-2-6(12(14)15)4-7(8)10/h2-4H,5H2,1H3,(H,11,13).